The fraction of sp³-hybridized carbons (Fsp3) is 0.0400. The van der Waals surface area contributed by atoms with E-state index in [1.165, 1.54) is 38.9 Å². The molecule has 2 heteroatoms. The van der Waals surface area contributed by atoms with Crippen molar-refractivity contribution in [2.45, 2.75) is 5.41 Å². The highest BCUT2D eigenvalue weighted by Crippen LogP contribution is 2.63. The van der Waals surface area contributed by atoms with E-state index >= 15 is 0 Å². The summed E-state index contributed by atoms with van der Waals surface area (Å²) in [6.45, 7) is 0. The molecule has 128 valence electrons. The topological polar surface area (TPSA) is 20.2 Å². The van der Waals surface area contributed by atoms with Gasteiger partial charge in [0.05, 0.1) is 5.41 Å². The number of aromatic hydroxyl groups is 1. The maximum absolute atomic E-state index is 10.2. The van der Waals surface area contributed by atoms with Gasteiger partial charge in [0.2, 0.25) is 0 Å². The van der Waals surface area contributed by atoms with E-state index < -0.39 is 5.41 Å². The maximum atomic E-state index is 10.2. The Morgan fingerprint density at radius 2 is 1.15 bits per heavy atom. The summed E-state index contributed by atoms with van der Waals surface area (Å²) in [6.07, 6.45) is 0. The van der Waals surface area contributed by atoms with E-state index in [9.17, 15) is 5.11 Å². The van der Waals surface area contributed by atoms with E-state index in [1.807, 2.05) is 12.1 Å². The highest BCUT2D eigenvalue weighted by Gasteiger charge is 2.51. The average Bonchev–Trinajstić information content (AvgIpc) is 3.14. The molecule has 6 rings (SSSR count). The maximum Gasteiger partial charge on any atom is 0.116 e. The summed E-state index contributed by atoms with van der Waals surface area (Å²) in [4.78, 5) is 0. The van der Waals surface area contributed by atoms with Gasteiger partial charge in [-0.25, -0.2) is 0 Å². The van der Waals surface area contributed by atoms with Crippen molar-refractivity contribution in [2.24, 2.45) is 0 Å². The standard InChI is InChI=1S/C25H15ClO/c26-15-9-11-19-17-5-1-3-7-21(17)25(24(19)13-15)22-8-4-2-6-18(22)20-14-16(27)10-12-23(20)25/h1-14,27H. The van der Waals surface area contributed by atoms with Crippen LogP contribution in [0.3, 0.4) is 0 Å². The summed E-state index contributed by atoms with van der Waals surface area (Å²) in [5, 5.41) is 10.9. The fourth-order valence-electron chi connectivity index (χ4n) is 5.10. The van der Waals surface area contributed by atoms with E-state index in [-0.39, 0.29) is 0 Å². The Balaban J connectivity index is 1.87. The lowest BCUT2D eigenvalue weighted by Crippen LogP contribution is -2.25. The van der Waals surface area contributed by atoms with Gasteiger partial charge in [-0.05, 0) is 68.8 Å². The van der Waals surface area contributed by atoms with E-state index in [0.29, 0.717) is 5.75 Å². The lowest BCUT2D eigenvalue weighted by molar-refractivity contribution is 0.475. The van der Waals surface area contributed by atoms with Gasteiger partial charge in [0.25, 0.3) is 0 Å². The van der Waals surface area contributed by atoms with Crippen molar-refractivity contribution in [1.82, 2.24) is 0 Å². The van der Waals surface area contributed by atoms with Crippen molar-refractivity contribution in [3.8, 4) is 28.0 Å². The third kappa shape index (κ3) is 1.70. The quantitative estimate of drug-likeness (QED) is 0.330. The smallest absolute Gasteiger partial charge is 0.116 e. The number of halogens is 1. The molecule has 27 heavy (non-hydrogen) atoms. The van der Waals surface area contributed by atoms with Crippen molar-refractivity contribution < 1.29 is 5.11 Å². The molecule has 2 aliphatic rings. The predicted molar refractivity (Wildman–Crippen MR) is 109 cm³/mol. The molecule has 0 saturated carbocycles. The van der Waals surface area contributed by atoms with Crippen molar-refractivity contribution in [3.05, 3.63) is 112 Å². The molecule has 1 N–H and O–H groups in total. The average molecular weight is 367 g/mol. The minimum atomic E-state index is -0.392. The number of hydrogen-bond donors (Lipinski definition) is 1. The molecule has 0 radical (unpaired) electrons. The molecular formula is C25H15ClO. The zero-order valence-electron chi connectivity index (χ0n) is 14.4. The van der Waals surface area contributed by atoms with Gasteiger partial charge in [-0.15, -0.1) is 0 Å². The lowest BCUT2D eigenvalue weighted by atomic mass is 9.70. The number of benzene rings is 4. The summed E-state index contributed by atoms with van der Waals surface area (Å²) in [7, 11) is 0. The van der Waals surface area contributed by atoms with Gasteiger partial charge in [0.15, 0.2) is 0 Å². The van der Waals surface area contributed by atoms with Crippen LogP contribution in [0.5, 0.6) is 5.75 Å². The molecule has 1 spiro atoms. The molecule has 4 aromatic rings. The van der Waals surface area contributed by atoms with E-state index in [2.05, 4.69) is 66.7 Å². The van der Waals surface area contributed by atoms with Gasteiger partial charge >= 0.3 is 0 Å². The first-order chi connectivity index (χ1) is 13.2. The molecule has 0 heterocycles. The fourth-order valence-corrected chi connectivity index (χ4v) is 5.28. The number of phenolic OH excluding ortho intramolecular Hbond substituents is 1. The van der Waals surface area contributed by atoms with Crippen molar-refractivity contribution in [2.75, 3.05) is 0 Å². The highest BCUT2D eigenvalue weighted by atomic mass is 35.5. The Kier molecular flexibility index (Phi) is 2.80. The van der Waals surface area contributed by atoms with Gasteiger partial charge in [-0.3, -0.25) is 0 Å². The first kappa shape index (κ1) is 15.1. The predicted octanol–water partition coefficient (Wildman–Crippen LogP) is 6.39. The second-order valence-corrected chi connectivity index (χ2v) is 7.70. The van der Waals surface area contributed by atoms with Gasteiger partial charge in [0.1, 0.15) is 5.75 Å². The Bertz CT molecular complexity index is 1260. The molecule has 0 amide bonds. The summed E-state index contributed by atoms with van der Waals surface area (Å²) in [6, 6.07) is 29.1. The first-order valence-corrected chi connectivity index (χ1v) is 9.42. The second-order valence-electron chi connectivity index (χ2n) is 7.26. The van der Waals surface area contributed by atoms with Crippen molar-refractivity contribution in [1.29, 1.82) is 0 Å². The van der Waals surface area contributed by atoms with Crippen molar-refractivity contribution >= 4 is 11.6 Å². The van der Waals surface area contributed by atoms with Crippen LogP contribution >= 0.6 is 11.6 Å². The van der Waals surface area contributed by atoms with Crippen LogP contribution in [0.15, 0.2) is 84.9 Å². The van der Waals surface area contributed by atoms with Crippen LogP contribution in [0.2, 0.25) is 5.02 Å². The molecule has 1 atom stereocenters. The number of hydrogen-bond acceptors (Lipinski definition) is 1. The Morgan fingerprint density at radius 1 is 0.556 bits per heavy atom. The molecule has 0 fully saturated rings. The third-order valence-corrected chi connectivity index (χ3v) is 6.27. The van der Waals surface area contributed by atoms with Crippen LogP contribution in [-0.2, 0) is 5.41 Å². The van der Waals surface area contributed by atoms with E-state index in [4.69, 9.17) is 11.6 Å². The van der Waals surface area contributed by atoms with Crippen LogP contribution in [0, 0.1) is 0 Å². The minimum Gasteiger partial charge on any atom is -0.508 e. The molecule has 0 aromatic heterocycles. The highest BCUT2D eigenvalue weighted by molar-refractivity contribution is 6.30. The lowest BCUT2D eigenvalue weighted by Gasteiger charge is -2.30. The van der Waals surface area contributed by atoms with E-state index in [1.54, 1.807) is 6.07 Å². The molecule has 0 bridgehead atoms. The largest absolute Gasteiger partial charge is 0.508 e. The number of fused-ring (bicyclic) bond motifs is 10. The van der Waals surface area contributed by atoms with Gasteiger partial charge in [-0.1, -0.05) is 72.3 Å². The van der Waals surface area contributed by atoms with Crippen LogP contribution in [0.25, 0.3) is 22.3 Å². The summed E-state index contributed by atoms with van der Waals surface area (Å²) < 4.78 is 0. The summed E-state index contributed by atoms with van der Waals surface area (Å²) in [5.74, 6) is 0.290. The Morgan fingerprint density at radius 3 is 1.89 bits per heavy atom. The molecule has 0 saturated heterocycles. The van der Waals surface area contributed by atoms with Crippen LogP contribution in [0.4, 0.5) is 0 Å². The minimum absolute atomic E-state index is 0.290. The van der Waals surface area contributed by atoms with Crippen LogP contribution in [-0.4, -0.2) is 5.11 Å². The molecule has 1 nitrogen and oxygen atoms in total. The molecule has 4 aromatic carbocycles. The molecular weight excluding hydrogens is 352 g/mol. The van der Waals surface area contributed by atoms with Crippen molar-refractivity contribution in [3.63, 3.8) is 0 Å². The zero-order valence-corrected chi connectivity index (χ0v) is 15.2. The van der Waals surface area contributed by atoms with Crippen LogP contribution in [0.1, 0.15) is 22.3 Å². The second kappa shape index (κ2) is 5.03. The normalized spacial score (nSPS) is 18.1. The van der Waals surface area contributed by atoms with Gasteiger partial charge in [0, 0.05) is 5.02 Å². The third-order valence-electron chi connectivity index (χ3n) is 6.04. The van der Waals surface area contributed by atoms with E-state index in [0.717, 1.165) is 10.6 Å². The van der Waals surface area contributed by atoms with Crippen LogP contribution < -0.4 is 0 Å². The number of rotatable bonds is 0. The molecule has 2 aliphatic carbocycles. The van der Waals surface area contributed by atoms with Gasteiger partial charge < -0.3 is 5.11 Å². The summed E-state index contributed by atoms with van der Waals surface area (Å²) in [5.41, 5.74) is 9.29. The Hall–Kier alpha value is -3.03. The van der Waals surface area contributed by atoms with Gasteiger partial charge in [-0.2, -0.15) is 0 Å². The summed E-state index contributed by atoms with van der Waals surface area (Å²) >= 11 is 6.47. The SMILES string of the molecule is Oc1ccc2c(c1)-c1ccccc1C21c2ccccc2-c2ccc(Cl)cc21. The Labute approximate surface area is 162 Å². The monoisotopic (exact) mass is 366 g/mol. The molecule has 0 aliphatic heterocycles. The number of phenols is 1. The molecule has 1 unspecified atom stereocenters. The first-order valence-electron chi connectivity index (χ1n) is 9.04. The zero-order chi connectivity index (χ0) is 18.2.